The molecule has 1 saturated heterocycles. The number of amides is 1. The Labute approximate surface area is 144 Å². The van der Waals surface area contributed by atoms with Gasteiger partial charge in [0.2, 0.25) is 5.91 Å². The highest BCUT2D eigenvalue weighted by Crippen LogP contribution is 2.43. The van der Waals surface area contributed by atoms with E-state index in [1.54, 1.807) is 11.8 Å². The summed E-state index contributed by atoms with van der Waals surface area (Å²) in [5.41, 5.74) is 2.07. The second kappa shape index (κ2) is 5.91. The third kappa shape index (κ3) is 2.60. The van der Waals surface area contributed by atoms with Crippen LogP contribution in [0, 0.1) is 0 Å². The summed E-state index contributed by atoms with van der Waals surface area (Å²) in [4.78, 5) is 14.5. The molecule has 1 aliphatic rings. The number of halogens is 1. The van der Waals surface area contributed by atoms with Crippen molar-refractivity contribution in [3.05, 3.63) is 77.3 Å². The molecule has 2 nitrogen and oxygen atoms in total. The maximum atomic E-state index is 12.5. The molecule has 4 rings (SSSR count). The minimum Gasteiger partial charge on any atom is -0.294 e. The summed E-state index contributed by atoms with van der Waals surface area (Å²) in [7, 11) is 0. The van der Waals surface area contributed by atoms with Gasteiger partial charge in [-0.05, 0) is 29.1 Å². The maximum Gasteiger partial charge on any atom is 0.238 e. The van der Waals surface area contributed by atoms with Gasteiger partial charge in [-0.25, -0.2) is 0 Å². The molecule has 0 spiro atoms. The number of anilines is 1. The van der Waals surface area contributed by atoms with Crippen molar-refractivity contribution < 1.29 is 4.79 Å². The molecule has 1 atom stereocenters. The van der Waals surface area contributed by atoms with Crippen LogP contribution in [0.4, 0.5) is 5.69 Å². The van der Waals surface area contributed by atoms with Crippen molar-refractivity contribution in [3.63, 3.8) is 0 Å². The average Bonchev–Trinajstić information content (AvgIpc) is 2.96. The van der Waals surface area contributed by atoms with Crippen LogP contribution < -0.4 is 4.90 Å². The van der Waals surface area contributed by atoms with Gasteiger partial charge in [-0.2, -0.15) is 0 Å². The standard InChI is InChI=1S/C19H14ClNOS/c20-15-10-8-14(9-11-15)19-21(18(22)12-23-19)17-7-3-5-13-4-1-2-6-16(13)17/h1-11,19H,12H2/t19-/m1/s1. The molecule has 3 aromatic rings. The van der Waals surface area contributed by atoms with E-state index in [2.05, 4.69) is 18.2 Å². The minimum absolute atomic E-state index is 0.00873. The van der Waals surface area contributed by atoms with Crippen molar-refractivity contribution in [1.82, 2.24) is 0 Å². The van der Waals surface area contributed by atoms with E-state index in [1.807, 2.05) is 53.4 Å². The van der Waals surface area contributed by atoms with Gasteiger partial charge in [0, 0.05) is 10.4 Å². The molecule has 1 heterocycles. The SMILES string of the molecule is O=C1CS[C@H](c2ccc(Cl)cc2)N1c1cccc2ccccc12. The first kappa shape index (κ1) is 14.6. The molecular weight excluding hydrogens is 326 g/mol. The second-order valence-corrected chi connectivity index (χ2v) is 6.98. The van der Waals surface area contributed by atoms with Gasteiger partial charge >= 0.3 is 0 Å². The predicted molar refractivity (Wildman–Crippen MR) is 98.1 cm³/mol. The van der Waals surface area contributed by atoms with E-state index in [4.69, 9.17) is 11.6 Å². The summed E-state index contributed by atoms with van der Waals surface area (Å²) in [6.07, 6.45) is 0. The molecule has 0 aliphatic carbocycles. The molecule has 0 unspecified atom stereocenters. The number of carbonyl (C=O) groups is 1. The largest absolute Gasteiger partial charge is 0.294 e. The lowest BCUT2D eigenvalue weighted by molar-refractivity contribution is -0.115. The Hall–Kier alpha value is -1.97. The lowest BCUT2D eigenvalue weighted by Gasteiger charge is -2.25. The first-order valence-corrected chi connectivity index (χ1v) is 8.83. The number of fused-ring (bicyclic) bond motifs is 1. The van der Waals surface area contributed by atoms with Gasteiger partial charge in [0.1, 0.15) is 5.37 Å². The first-order chi connectivity index (χ1) is 11.2. The Morgan fingerprint density at radius 1 is 0.957 bits per heavy atom. The molecule has 0 radical (unpaired) electrons. The summed E-state index contributed by atoms with van der Waals surface area (Å²) >= 11 is 7.65. The Balaban J connectivity index is 1.84. The highest BCUT2D eigenvalue weighted by molar-refractivity contribution is 8.00. The summed E-state index contributed by atoms with van der Waals surface area (Å²) < 4.78 is 0. The number of rotatable bonds is 2. The fourth-order valence-corrected chi connectivity index (χ4v) is 4.27. The van der Waals surface area contributed by atoms with Gasteiger partial charge in [0.05, 0.1) is 11.4 Å². The Morgan fingerprint density at radius 2 is 1.70 bits per heavy atom. The Kier molecular flexibility index (Phi) is 3.76. The molecule has 3 aromatic carbocycles. The van der Waals surface area contributed by atoms with E-state index in [-0.39, 0.29) is 11.3 Å². The average molecular weight is 340 g/mol. The lowest BCUT2D eigenvalue weighted by Crippen LogP contribution is -2.27. The topological polar surface area (TPSA) is 20.3 Å². The monoisotopic (exact) mass is 339 g/mol. The van der Waals surface area contributed by atoms with Crippen LogP contribution in [0.15, 0.2) is 66.7 Å². The van der Waals surface area contributed by atoms with E-state index in [0.717, 1.165) is 22.0 Å². The fraction of sp³-hybridized carbons (Fsp3) is 0.105. The van der Waals surface area contributed by atoms with Gasteiger partial charge in [-0.1, -0.05) is 60.1 Å². The zero-order valence-corrected chi connectivity index (χ0v) is 13.8. The van der Waals surface area contributed by atoms with Crippen molar-refractivity contribution in [3.8, 4) is 0 Å². The van der Waals surface area contributed by atoms with Crippen LogP contribution in [0.25, 0.3) is 10.8 Å². The zero-order chi connectivity index (χ0) is 15.8. The van der Waals surface area contributed by atoms with Crippen LogP contribution in [0.1, 0.15) is 10.9 Å². The quantitative estimate of drug-likeness (QED) is 0.633. The van der Waals surface area contributed by atoms with Crippen LogP contribution in [0.3, 0.4) is 0 Å². The number of thioether (sulfide) groups is 1. The molecule has 0 N–H and O–H groups in total. The molecule has 1 fully saturated rings. The minimum atomic E-state index is -0.00873. The third-order valence-electron chi connectivity index (χ3n) is 4.05. The second-order valence-electron chi connectivity index (χ2n) is 5.48. The number of carbonyl (C=O) groups excluding carboxylic acids is 1. The van der Waals surface area contributed by atoms with Crippen molar-refractivity contribution in [2.75, 3.05) is 10.7 Å². The van der Waals surface area contributed by atoms with E-state index < -0.39 is 0 Å². The van der Waals surface area contributed by atoms with Crippen LogP contribution in [-0.4, -0.2) is 11.7 Å². The lowest BCUT2D eigenvalue weighted by atomic mass is 10.1. The summed E-state index contributed by atoms with van der Waals surface area (Å²) in [5, 5.41) is 2.94. The van der Waals surface area contributed by atoms with Crippen LogP contribution in [-0.2, 0) is 4.79 Å². The van der Waals surface area contributed by atoms with Crippen LogP contribution >= 0.6 is 23.4 Å². The molecule has 0 aromatic heterocycles. The Bertz CT molecular complexity index is 873. The van der Waals surface area contributed by atoms with Crippen molar-refractivity contribution in [1.29, 1.82) is 0 Å². The van der Waals surface area contributed by atoms with Crippen molar-refractivity contribution >= 4 is 45.7 Å². The van der Waals surface area contributed by atoms with Gasteiger partial charge in [0.15, 0.2) is 0 Å². The molecule has 0 saturated carbocycles. The van der Waals surface area contributed by atoms with Gasteiger partial charge in [0.25, 0.3) is 0 Å². The summed E-state index contributed by atoms with van der Waals surface area (Å²) in [6.45, 7) is 0. The zero-order valence-electron chi connectivity index (χ0n) is 12.3. The number of nitrogens with zero attached hydrogens (tertiary/aromatic N) is 1. The van der Waals surface area contributed by atoms with Gasteiger partial charge < -0.3 is 0 Å². The number of benzene rings is 3. The smallest absolute Gasteiger partial charge is 0.238 e. The molecule has 4 heteroatoms. The van der Waals surface area contributed by atoms with E-state index in [1.165, 1.54) is 0 Å². The van der Waals surface area contributed by atoms with E-state index in [9.17, 15) is 4.79 Å². The third-order valence-corrected chi connectivity index (χ3v) is 5.51. The predicted octanol–water partition coefficient (Wildman–Crippen LogP) is 5.27. The maximum absolute atomic E-state index is 12.5. The first-order valence-electron chi connectivity index (χ1n) is 7.41. The molecule has 1 aliphatic heterocycles. The molecule has 114 valence electrons. The summed E-state index contributed by atoms with van der Waals surface area (Å²) in [5.74, 6) is 0.641. The highest BCUT2D eigenvalue weighted by Gasteiger charge is 2.34. The number of hydrogen-bond donors (Lipinski definition) is 0. The van der Waals surface area contributed by atoms with Crippen LogP contribution in [0.2, 0.25) is 5.02 Å². The van der Waals surface area contributed by atoms with Crippen molar-refractivity contribution in [2.24, 2.45) is 0 Å². The summed E-state index contributed by atoms with van der Waals surface area (Å²) in [6, 6.07) is 22.0. The van der Waals surface area contributed by atoms with E-state index >= 15 is 0 Å². The van der Waals surface area contributed by atoms with Gasteiger partial charge in [-0.15, -0.1) is 11.8 Å². The highest BCUT2D eigenvalue weighted by atomic mass is 35.5. The molecule has 0 bridgehead atoms. The van der Waals surface area contributed by atoms with Crippen molar-refractivity contribution in [2.45, 2.75) is 5.37 Å². The van der Waals surface area contributed by atoms with Crippen LogP contribution in [0.5, 0.6) is 0 Å². The fourth-order valence-electron chi connectivity index (χ4n) is 2.98. The molecule has 1 amide bonds. The molecule has 23 heavy (non-hydrogen) atoms. The number of hydrogen-bond acceptors (Lipinski definition) is 2. The van der Waals surface area contributed by atoms with Gasteiger partial charge in [-0.3, -0.25) is 9.69 Å². The Morgan fingerprint density at radius 3 is 2.52 bits per heavy atom. The van der Waals surface area contributed by atoms with E-state index in [0.29, 0.717) is 10.8 Å². The normalized spacial score (nSPS) is 17.9. The molecular formula is C19H14ClNOS.